The Morgan fingerprint density at radius 3 is 2.38 bits per heavy atom. The third-order valence-corrected chi connectivity index (χ3v) is 5.96. The second-order valence-electron chi connectivity index (χ2n) is 6.92. The summed E-state index contributed by atoms with van der Waals surface area (Å²) in [6.07, 6.45) is 0. The molecule has 4 rings (SSSR count). The average molecular weight is 450 g/mol. The van der Waals surface area contributed by atoms with Crippen molar-refractivity contribution in [3.05, 3.63) is 92.2 Å². The van der Waals surface area contributed by atoms with E-state index in [9.17, 15) is 24.8 Å². The molecule has 0 bridgehead atoms. The number of nitro groups is 1. The summed E-state index contributed by atoms with van der Waals surface area (Å²) in [5, 5.41) is 23.7. The summed E-state index contributed by atoms with van der Waals surface area (Å²) in [7, 11) is 0. The summed E-state index contributed by atoms with van der Waals surface area (Å²) in [5.41, 5.74) is 0.477. The molecule has 162 valence electrons. The lowest BCUT2D eigenvalue weighted by atomic mass is 9.99. The number of hydrogen-bond donors (Lipinski definition) is 1. The molecule has 1 atom stereocenters. The Kier molecular flexibility index (Phi) is 5.74. The second-order valence-corrected chi connectivity index (χ2v) is 7.89. The minimum Gasteiger partial charge on any atom is -0.507 e. The van der Waals surface area contributed by atoms with Gasteiger partial charge in [-0.15, -0.1) is 11.3 Å². The number of nitro benzene ring substituents is 1. The van der Waals surface area contributed by atoms with Gasteiger partial charge in [0.2, 0.25) is 0 Å². The summed E-state index contributed by atoms with van der Waals surface area (Å²) in [4.78, 5) is 38.5. The lowest BCUT2D eigenvalue weighted by Gasteiger charge is -2.24. The van der Waals surface area contributed by atoms with Gasteiger partial charge >= 0.3 is 0 Å². The smallest absolute Gasteiger partial charge is 0.300 e. The Bertz CT molecular complexity index is 1200. The van der Waals surface area contributed by atoms with Gasteiger partial charge in [-0.05, 0) is 54.8 Å². The molecule has 3 aromatic rings. The number of aliphatic hydroxyl groups excluding tert-OH is 1. The van der Waals surface area contributed by atoms with Gasteiger partial charge in [0.15, 0.2) is 0 Å². The number of Topliss-reactive ketones (excluding diaryl/α,β-unsaturated/α-hetero) is 1. The molecule has 2 heterocycles. The Balaban J connectivity index is 1.83. The highest BCUT2D eigenvalue weighted by atomic mass is 32.1. The molecule has 9 heteroatoms. The van der Waals surface area contributed by atoms with Crippen molar-refractivity contribution in [2.24, 2.45) is 0 Å². The van der Waals surface area contributed by atoms with E-state index in [2.05, 4.69) is 0 Å². The number of thiophene rings is 1. The SMILES string of the molecule is CCOc1ccc(N2C(=O)C(=O)/C(=C(\O)c3ccc([N+](=O)[O-])cc3)C2c2cccs2)cc1. The fourth-order valence-electron chi connectivity index (χ4n) is 3.58. The van der Waals surface area contributed by atoms with Crippen LogP contribution in [0.4, 0.5) is 11.4 Å². The maximum Gasteiger partial charge on any atom is 0.300 e. The van der Waals surface area contributed by atoms with Crippen molar-refractivity contribution < 1.29 is 24.4 Å². The van der Waals surface area contributed by atoms with E-state index in [0.29, 0.717) is 22.9 Å². The minimum atomic E-state index is -0.830. The van der Waals surface area contributed by atoms with Crippen molar-refractivity contribution in [2.75, 3.05) is 11.5 Å². The van der Waals surface area contributed by atoms with E-state index in [0.717, 1.165) is 0 Å². The predicted octanol–water partition coefficient (Wildman–Crippen LogP) is 4.68. The van der Waals surface area contributed by atoms with Crippen molar-refractivity contribution in [1.29, 1.82) is 0 Å². The van der Waals surface area contributed by atoms with Gasteiger partial charge in [-0.2, -0.15) is 0 Å². The van der Waals surface area contributed by atoms with Crippen LogP contribution < -0.4 is 9.64 Å². The van der Waals surface area contributed by atoms with Crippen LogP contribution in [0.5, 0.6) is 5.75 Å². The number of hydrogen-bond acceptors (Lipinski definition) is 7. The summed E-state index contributed by atoms with van der Waals surface area (Å²) >= 11 is 1.35. The van der Waals surface area contributed by atoms with Crippen molar-refractivity contribution in [2.45, 2.75) is 13.0 Å². The van der Waals surface area contributed by atoms with Crippen LogP contribution in [0.15, 0.2) is 71.6 Å². The van der Waals surface area contributed by atoms with Crippen LogP contribution in [0.2, 0.25) is 0 Å². The Morgan fingerprint density at radius 1 is 1.12 bits per heavy atom. The Morgan fingerprint density at radius 2 is 1.81 bits per heavy atom. The number of rotatable bonds is 6. The van der Waals surface area contributed by atoms with Gasteiger partial charge in [0.05, 0.1) is 17.1 Å². The van der Waals surface area contributed by atoms with E-state index < -0.39 is 22.7 Å². The molecule has 1 aliphatic rings. The number of anilines is 1. The highest BCUT2D eigenvalue weighted by molar-refractivity contribution is 7.10. The molecule has 2 aromatic carbocycles. The molecule has 1 N–H and O–H groups in total. The van der Waals surface area contributed by atoms with E-state index in [4.69, 9.17) is 4.74 Å². The highest BCUT2D eigenvalue weighted by Crippen LogP contribution is 2.43. The molecule has 1 saturated heterocycles. The average Bonchev–Trinajstić information content (AvgIpc) is 3.41. The van der Waals surface area contributed by atoms with Crippen molar-refractivity contribution >= 4 is 40.2 Å². The molecule has 0 aliphatic carbocycles. The van der Waals surface area contributed by atoms with Gasteiger partial charge in [0.1, 0.15) is 17.6 Å². The lowest BCUT2D eigenvalue weighted by molar-refractivity contribution is -0.384. The van der Waals surface area contributed by atoms with Gasteiger partial charge in [-0.1, -0.05) is 6.07 Å². The predicted molar refractivity (Wildman–Crippen MR) is 120 cm³/mol. The van der Waals surface area contributed by atoms with E-state index >= 15 is 0 Å². The van der Waals surface area contributed by atoms with Gasteiger partial charge in [-0.3, -0.25) is 24.6 Å². The van der Waals surface area contributed by atoms with Crippen LogP contribution >= 0.6 is 11.3 Å². The normalized spacial score (nSPS) is 17.5. The zero-order valence-electron chi connectivity index (χ0n) is 16.9. The third-order valence-electron chi connectivity index (χ3n) is 5.03. The highest BCUT2D eigenvalue weighted by Gasteiger charge is 2.47. The molecule has 0 radical (unpaired) electrons. The number of non-ortho nitro benzene ring substituents is 1. The second kappa shape index (κ2) is 8.64. The maximum absolute atomic E-state index is 13.0. The zero-order chi connectivity index (χ0) is 22.8. The summed E-state index contributed by atoms with van der Waals surface area (Å²) in [6, 6.07) is 14.7. The number of benzene rings is 2. The molecule has 1 aromatic heterocycles. The van der Waals surface area contributed by atoms with Gasteiger partial charge < -0.3 is 9.84 Å². The van der Waals surface area contributed by atoms with Crippen LogP contribution in [-0.4, -0.2) is 28.3 Å². The Hall–Kier alpha value is -3.98. The molecule has 1 fully saturated rings. The Labute approximate surface area is 187 Å². The number of nitrogens with zero attached hydrogens (tertiary/aromatic N) is 2. The number of carbonyl (C=O) groups excluding carboxylic acids is 2. The number of carbonyl (C=O) groups is 2. The molecule has 32 heavy (non-hydrogen) atoms. The van der Waals surface area contributed by atoms with Crippen LogP contribution in [0, 0.1) is 10.1 Å². The molecule has 8 nitrogen and oxygen atoms in total. The first kappa shape index (κ1) is 21.3. The monoisotopic (exact) mass is 450 g/mol. The van der Waals surface area contributed by atoms with E-state index in [1.807, 2.05) is 12.3 Å². The first-order valence-electron chi connectivity index (χ1n) is 9.74. The molecule has 1 unspecified atom stereocenters. The van der Waals surface area contributed by atoms with Crippen LogP contribution in [0.25, 0.3) is 5.76 Å². The van der Waals surface area contributed by atoms with E-state index in [1.165, 1.54) is 40.5 Å². The quantitative estimate of drug-likeness (QED) is 0.192. The molecular formula is C23H18N2O6S. The fraction of sp³-hybridized carbons (Fsp3) is 0.130. The topological polar surface area (TPSA) is 110 Å². The van der Waals surface area contributed by atoms with Gasteiger partial charge in [0.25, 0.3) is 17.4 Å². The van der Waals surface area contributed by atoms with Crippen LogP contribution in [0.1, 0.15) is 23.4 Å². The molecule has 0 spiro atoms. The largest absolute Gasteiger partial charge is 0.507 e. The van der Waals surface area contributed by atoms with Gasteiger partial charge in [-0.25, -0.2) is 0 Å². The summed E-state index contributed by atoms with van der Waals surface area (Å²) < 4.78 is 5.45. The van der Waals surface area contributed by atoms with Crippen molar-refractivity contribution in [3.8, 4) is 5.75 Å². The van der Waals surface area contributed by atoms with Crippen LogP contribution in [0.3, 0.4) is 0 Å². The van der Waals surface area contributed by atoms with E-state index in [1.54, 1.807) is 36.4 Å². The minimum absolute atomic E-state index is 0.0693. The number of amides is 1. The van der Waals surface area contributed by atoms with Crippen molar-refractivity contribution in [1.82, 2.24) is 0 Å². The number of aliphatic hydroxyl groups is 1. The molecule has 1 amide bonds. The van der Waals surface area contributed by atoms with Gasteiger partial charge in [0, 0.05) is 28.3 Å². The molecule has 1 aliphatic heterocycles. The van der Waals surface area contributed by atoms with Crippen LogP contribution in [-0.2, 0) is 9.59 Å². The summed E-state index contributed by atoms with van der Waals surface area (Å²) in [6.45, 7) is 2.36. The summed E-state index contributed by atoms with van der Waals surface area (Å²) in [5.74, 6) is -1.35. The number of ketones is 1. The lowest BCUT2D eigenvalue weighted by Crippen LogP contribution is -2.29. The standard InChI is InChI=1S/C23H18N2O6S/c1-2-31-17-11-9-15(10-12-17)24-20(18-4-3-13-32-18)19(22(27)23(24)28)21(26)14-5-7-16(8-6-14)25(29)30/h3-13,20,26H,2H2,1H3/b21-19-. The van der Waals surface area contributed by atoms with Crippen molar-refractivity contribution in [3.63, 3.8) is 0 Å². The third kappa shape index (κ3) is 3.74. The molecular weight excluding hydrogens is 432 g/mol. The van der Waals surface area contributed by atoms with E-state index in [-0.39, 0.29) is 22.6 Å². The number of ether oxygens (including phenoxy) is 1. The zero-order valence-corrected chi connectivity index (χ0v) is 17.7. The molecule has 0 saturated carbocycles. The first-order valence-corrected chi connectivity index (χ1v) is 10.6. The fourth-order valence-corrected chi connectivity index (χ4v) is 4.40. The first-order chi connectivity index (χ1) is 15.4. The maximum atomic E-state index is 13.0.